The van der Waals surface area contributed by atoms with E-state index in [1.807, 2.05) is 6.92 Å². The fourth-order valence-corrected chi connectivity index (χ4v) is 3.25. The number of hydrogen-bond donors (Lipinski definition) is 1. The Balaban J connectivity index is 3.50. The zero-order valence-corrected chi connectivity index (χ0v) is 15.9. The van der Waals surface area contributed by atoms with Crippen molar-refractivity contribution >= 4 is 45.5 Å². The third-order valence-corrected chi connectivity index (χ3v) is 4.68. The van der Waals surface area contributed by atoms with E-state index >= 15 is 0 Å². The Kier molecular flexibility index (Phi) is 7.38. The number of carbonyl (C=O) groups is 2. The third-order valence-electron chi connectivity index (χ3n) is 2.91. The molecule has 0 unspecified atom stereocenters. The molecule has 0 saturated heterocycles. The molecule has 0 aromatic heterocycles. The highest BCUT2D eigenvalue weighted by atomic mass is 35.5. The van der Waals surface area contributed by atoms with Crippen LogP contribution in [0.1, 0.15) is 30.1 Å². The van der Waals surface area contributed by atoms with Crippen molar-refractivity contribution in [1.29, 1.82) is 0 Å². The number of nitrogens with one attached hydrogen (secondary N) is 1. The molecule has 0 spiro atoms. The standard InChI is InChI=1S/C15H20ClN3O5S/c1-5-6-13(20)18-11-7-10(15(21)24-4)8-12(14(11)16)25(22,23)17-9-19(2)3/h7-9H,5-6H2,1-4H3,(H,18,20). The first-order valence-corrected chi connectivity index (χ1v) is 9.12. The van der Waals surface area contributed by atoms with Crippen molar-refractivity contribution in [3.8, 4) is 0 Å². The number of nitrogens with zero attached hydrogens (tertiary/aromatic N) is 2. The maximum atomic E-state index is 12.4. The molecule has 1 rings (SSSR count). The van der Waals surface area contributed by atoms with Gasteiger partial charge in [0.05, 0.1) is 23.4 Å². The smallest absolute Gasteiger partial charge is 0.337 e. The van der Waals surface area contributed by atoms with Crippen LogP contribution in [-0.4, -0.2) is 52.7 Å². The van der Waals surface area contributed by atoms with Gasteiger partial charge in [0.1, 0.15) is 11.2 Å². The summed E-state index contributed by atoms with van der Waals surface area (Å²) in [6, 6.07) is 2.32. The summed E-state index contributed by atoms with van der Waals surface area (Å²) in [6.45, 7) is 1.82. The topological polar surface area (TPSA) is 105 Å². The van der Waals surface area contributed by atoms with E-state index < -0.39 is 20.9 Å². The molecule has 0 fully saturated rings. The molecule has 1 aromatic carbocycles. The molecule has 1 amide bonds. The highest BCUT2D eigenvalue weighted by Crippen LogP contribution is 2.32. The Bertz CT molecular complexity index is 791. The van der Waals surface area contributed by atoms with Crippen LogP contribution < -0.4 is 5.32 Å². The van der Waals surface area contributed by atoms with E-state index in [0.29, 0.717) is 6.42 Å². The van der Waals surface area contributed by atoms with E-state index in [0.717, 1.165) is 19.5 Å². The second-order valence-electron chi connectivity index (χ2n) is 5.29. The zero-order valence-electron chi connectivity index (χ0n) is 14.4. The molecule has 1 N–H and O–H groups in total. The molecular weight excluding hydrogens is 370 g/mol. The molecule has 0 aliphatic carbocycles. The Morgan fingerprint density at radius 2 is 2.00 bits per heavy atom. The number of ether oxygens (including phenoxy) is 1. The molecule has 0 atom stereocenters. The van der Waals surface area contributed by atoms with Crippen molar-refractivity contribution in [3.63, 3.8) is 0 Å². The predicted molar refractivity (Wildman–Crippen MR) is 95.7 cm³/mol. The number of anilines is 1. The maximum absolute atomic E-state index is 12.4. The van der Waals surface area contributed by atoms with Crippen molar-refractivity contribution in [1.82, 2.24) is 4.90 Å². The van der Waals surface area contributed by atoms with Crippen LogP contribution in [0.25, 0.3) is 0 Å². The molecule has 25 heavy (non-hydrogen) atoms. The SMILES string of the molecule is CCCC(=O)Nc1cc(C(=O)OC)cc(S(=O)(=O)N=CN(C)C)c1Cl. The van der Waals surface area contributed by atoms with E-state index in [9.17, 15) is 18.0 Å². The highest BCUT2D eigenvalue weighted by molar-refractivity contribution is 7.90. The summed E-state index contributed by atoms with van der Waals surface area (Å²) >= 11 is 6.14. The lowest BCUT2D eigenvalue weighted by Crippen LogP contribution is -2.14. The van der Waals surface area contributed by atoms with Crippen LogP contribution in [0.3, 0.4) is 0 Å². The number of benzene rings is 1. The van der Waals surface area contributed by atoms with Gasteiger partial charge in [-0.1, -0.05) is 18.5 Å². The van der Waals surface area contributed by atoms with E-state index in [1.54, 1.807) is 14.1 Å². The number of rotatable bonds is 7. The number of amides is 1. The van der Waals surface area contributed by atoms with E-state index in [4.69, 9.17) is 11.6 Å². The van der Waals surface area contributed by atoms with Gasteiger partial charge in [-0.2, -0.15) is 8.42 Å². The molecule has 0 aliphatic heterocycles. The normalized spacial score (nSPS) is 11.4. The van der Waals surface area contributed by atoms with E-state index in [-0.39, 0.29) is 28.6 Å². The second kappa shape index (κ2) is 8.82. The van der Waals surface area contributed by atoms with Gasteiger partial charge in [0.25, 0.3) is 10.0 Å². The summed E-state index contributed by atoms with van der Waals surface area (Å²) in [5.74, 6) is -1.12. The second-order valence-corrected chi connectivity index (χ2v) is 7.26. The van der Waals surface area contributed by atoms with Crippen LogP contribution in [0.4, 0.5) is 5.69 Å². The van der Waals surface area contributed by atoms with Crippen molar-refractivity contribution in [3.05, 3.63) is 22.7 Å². The minimum absolute atomic E-state index is 0.00152. The molecule has 10 heteroatoms. The Hall–Kier alpha value is -2.13. The Morgan fingerprint density at radius 3 is 2.52 bits per heavy atom. The summed E-state index contributed by atoms with van der Waals surface area (Å²) in [5.41, 5.74) is -0.0704. The first kappa shape index (κ1) is 20.9. The van der Waals surface area contributed by atoms with Crippen LogP contribution in [0.2, 0.25) is 5.02 Å². The van der Waals surface area contributed by atoms with Gasteiger partial charge in [-0.15, -0.1) is 4.40 Å². The Morgan fingerprint density at radius 1 is 1.36 bits per heavy atom. The molecule has 8 nitrogen and oxygen atoms in total. The largest absolute Gasteiger partial charge is 0.465 e. The van der Waals surface area contributed by atoms with E-state index in [2.05, 4.69) is 14.5 Å². The highest BCUT2D eigenvalue weighted by Gasteiger charge is 2.23. The number of carbonyl (C=O) groups excluding carboxylic acids is 2. The summed E-state index contributed by atoms with van der Waals surface area (Å²) in [7, 11) is 0.172. The zero-order chi connectivity index (χ0) is 19.2. The molecule has 0 radical (unpaired) electrons. The summed E-state index contributed by atoms with van der Waals surface area (Å²) in [5, 5.41) is 2.27. The van der Waals surface area contributed by atoms with Gasteiger partial charge < -0.3 is 15.0 Å². The van der Waals surface area contributed by atoms with Crippen molar-refractivity contribution in [2.75, 3.05) is 26.5 Å². The lowest BCUT2D eigenvalue weighted by Gasteiger charge is -2.12. The predicted octanol–water partition coefficient (Wildman–Crippen LogP) is 2.14. The van der Waals surface area contributed by atoms with Gasteiger partial charge in [-0.25, -0.2) is 4.79 Å². The summed E-state index contributed by atoms with van der Waals surface area (Å²) in [6.07, 6.45) is 1.91. The average Bonchev–Trinajstić information content (AvgIpc) is 2.54. The molecule has 1 aromatic rings. The van der Waals surface area contributed by atoms with Gasteiger partial charge in [-0.3, -0.25) is 4.79 Å². The van der Waals surface area contributed by atoms with Crippen LogP contribution in [0.5, 0.6) is 0 Å². The van der Waals surface area contributed by atoms with Gasteiger partial charge in [-0.05, 0) is 18.6 Å². The average molecular weight is 390 g/mol. The van der Waals surface area contributed by atoms with Gasteiger partial charge in [0, 0.05) is 20.5 Å². The summed E-state index contributed by atoms with van der Waals surface area (Å²) in [4.78, 5) is 24.7. The maximum Gasteiger partial charge on any atom is 0.337 e. The number of halogens is 1. The van der Waals surface area contributed by atoms with Crippen molar-refractivity contribution in [2.24, 2.45) is 4.40 Å². The minimum Gasteiger partial charge on any atom is -0.465 e. The monoisotopic (exact) mass is 389 g/mol. The number of methoxy groups -OCH3 is 1. The molecular formula is C15H20ClN3O5S. The van der Waals surface area contributed by atoms with Crippen molar-refractivity contribution < 1.29 is 22.7 Å². The van der Waals surface area contributed by atoms with Gasteiger partial charge in [0.15, 0.2) is 0 Å². The lowest BCUT2D eigenvalue weighted by molar-refractivity contribution is -0.116. The van der Waals surface area contributed by atoms with Crippen LogP contribution in [0.15, 0.2) is 21.4 Å². The number of esters is 1. The lowest BCUT2D eigenvalue weighted by atomic mass is 10.2. The first-order valence-electron chi connectivity index (χ1n) is 7.31. The first-order chi connectivity index (χ1) is 11.6. The Labute approximate surface area is 151 Å². The fourth-order valence-electron chi connectivity index (χ4n) is 1.77. The summed E-state index contributed by atoms with van der Waals surface area (Å²) < 4.78 is 32.9. The van der Waals surface area contributed by atoms with Crippen LogP contribution in [0, 0.1) is 0 Å². The molecule has 0 bridgehead atoms. The van der Waals surface area contributed by atoms with Crippen molar-refractivity contribution in [2.45, 2.75) is 24.7 Å². The molecule has 138 valence electrons. The minimum atomic E-state index is -4.18. The third kappa shape index (κ3) is 5.71. The number of hydrogen-bond acceptors (Lipinski definition) is 5. The van der Waals surface area contributed by atoms with Gasteiger partial charge in [0.2, 0.25) is 5.91 Å². The van der Waals surface area contributed by atoms with E-state index in [1.165, 1.54) is 11.0 Å². The molecule has 0 saturated carbocycles. The van der Waals surface area contributed by atoms with Crippen LogP contribution >= 0.6 is 11.6 Å². The van der Waals surface area contributed by atoms with Crippen LogP contribution in [-0.2, 0) is 19.6 Å². The quantitative estimate of drug-likeness (QED) is 0.435. The fraction of sp³-hybridized carbons (Fsp3) is 0.400. The number of sulfonamides is 1. The molecule has 0 heterocycles. The van der Waals surface area contributed by atoms with Gasteiger partial charge >= 0.3 is 5.97 Å². The molecule has 0 aliphatic rings.